The van der Waals surface area contributed by atoms with Crippen molar-refractivity contribution in [3.05, 3.63) is 0 Å². The highest BCUT2D eigenvalue weighted by atomic mass is 35.5. The molecule has 1 fully saturated rings. The van der Waals surface area contributed by atoms with Gasteiger partial charge in [0.15, 0.2) is 0 Å². The Hall–Kier alpha value is 0.467. The van der Waals surface area contributed by atoms with Crippen LogP contribution in [0.1, 0.15) is 12.8 Å². The molecule has 2 N–H and O–H groups in total. The van der Waals surface area contributed by atoms with E-state index in [1.54, 1.807) is 0 Å². The molecule has 1 rings (SSSR count). The van der Waals surface area contributed by atoms with E-state index in [0.29, 0.717) is 0 Å². The molecule has 9 heavy (non-hydrogen) atoms. The Labute approximate surface area is 64.4 Å². The van der Waals surface area contributed by atoms with Crippen LogP contribution in [0, 0.1) is 0 Å². The van der Waals surface area contributed by atoms with Gasteiger partial charge in [0.1, 0.15) is 0 Å². The highest BCUT2D eigenvalue weighted by molar-refractivity contribution is 6.79. The molecule has 0 aliphatic heterocycles. The lowest BCUT2D eigenvalue weighted by Gasteiger charge is -2.17. The van der Waals surface area contributed by atoms with Gasteiger partial charge in [-0.25, -0.2) is 0 Å². The smallest absolute Gasteiger partial charge is 0.0653 e. The predicted octanol–water partition coefficient (Wildman–Crippen LogP) is 1.78. The van der Waals surface area contributed by atoms with Crippen LogP contribution < -0.4 is 5.73 Å². The van der Waals surface area contributed by atoms with Crippen molar-refractivity contribution in [3.63, 3.8) is 0 Å². The monoisotopic (exact) mass is 165 g/mol. The third-order valence-corrected chi connectivity index (χ3v) is 6.05. The van der Waals surface area contributed by atoms with E-state index in [0.717, 1.165) is 11.7 Å². The molecule has 1 aliphatic rings. The van der Waals surface area contributed by atoms with E-state index >= 15 is 0 Å². The lowest BCUT2D eigenvalue weighted by atomic mass is 11.0. The van der Waals surface area contributed by atoms with E-state index in [-0.39, 0.29) is 12.4 Å². The summed E-state index contributed by atoms with van der Waals surface area (Å²) in [4.78, 5) is 0. The Morgan fingerprint density at radius 3 is 2.00 bits per heavy atom. The molecule has 0 aromatic rings. The van der Waals surface area contributed by atoms with Gasteiger partial charge >= 0.3 is 0 Å². The number of halogens is 1. The summed E-state index contributed by atoms with van der Waals surface area (Å²) in [6.07, 6.45) is 3.92. The lowest BCUT2D eigenvalue weighted by molar-refractivity contribution is 1.20. The third-order valence-electron chi connectivity index (χ3n) is 2.21. The van der Waals surface area contributed by atoms with Gasteiger partial charge in [-0.15, -0.1) is 12.4 Å². The van der Waals surface area contributed by atoms with Gasteiger partial charge in [-0.2, -0.15) is 0 Å². The number of nitrogens with two attached hydrogens (primary N) is 1. The molecule has 0 saturated heterocycles. The van der Waals surface area contributed by atoms with Gasteiger partial charge in [0.2, 0.25) is 0 Å². The minimum absolute atomic E-state index is 0. The Morgan fingerprint density at radius 2 is 1.89 bits per heavy atom. The van der Waals surface area contributed by atoms with Gasteiger partial charge in [0.05, 0.1) is 8.07 Å². The van der Waals surface area contributed by atoms with Crippen LogP contribution in [-0.2, 0) is 0 Å². The SMILES string of the molecule is C[Si](C)(CN)C1CC1.Cl. The van der Waals surface area contributed by atoms with Crippen LogP contribution in [0.3, 0.4) is 0 Å². The molecular formula is C6H16ClNSi. The fourth-order valence-corrected chi connectivity index (χ4v) is 3.09. The van der Waals surface area contributed by atoms with Gasteiger partial charge < -0.3 is 5.73 Å². The summed E-state index contributed by atoms with van der Waals surface area (Å²) in [7, 11) is -0.866. The highest BCUT2D eigenvalue weighted by Gasteiger charge is 2.37. The van der Waals surface area contributed by atoms with Crippen molar-refractivity contribution in [2.75, 3.05) is 6.17 Å². The van der Waals surface area contributed by atoms with Crippen LogP contribution in [0.15, 0.2) is 0 Å². The van der Waals surface area contributed by atoms with E-state index in [1.165, 1.54) is 12.8 Å². The second-order valence-electron chi connectivity index (χ2n) is 3.47. The van der Waals surface area contributed by atoms with E-state index in [1.807, 2.05) is 0 Å². The second-order valence-corrected chi connectivity index (χ2v) is 8.67. The van der Waals surface area contributed by atoms with Crippen LogP contribution in [0.5, 0.6) is 0 Å². The fourth-order valence-electron chi connectivity index (χ4n) is 1.03. The normalized spacial score (nSPS) is 19.0. The predicted molar refractivity (Wildman–Crippen MR) is 46.8 cm³/mol. The topological polar surface area (TPSA) is 26.0 Å². The maximum absolute atomic E-state index is 5.61. The molecule has 3 heteroatoms. The van der Waals surface area contributed by atoms with E-state index in [9.17, 15) is 0 Å². The first-order valence-electron chi connectivity index (χ1n) is 3.37. The van der Waals surface area contributed by atoms with Crippen LogP contribution >= 0.6 is 12.4 Å². The molecule has 1 nitrogen and oxygen atoms in total. The van der Waals surface area contributed by atoms with Crippen molar-refractivity contribution < 1.29 is 0 Å². The molecule has 0 radical (unpaired) electrons. The minimum Gasteiger partial charge on any atom is -0.333 e. The van der Waals surface area contributed by atoms with Crippen LogP contribution in [-0.4, -0.2) is 14.2 Å². The average molecular weight is 166 g/mol. The molecule has 0 heterocycles. The maximum Gasteiger partial charge on any atom is 0.0653 e. The van der Waals surface area contributed by atoms with Crippen LogP contribution in [0.2, 0.25) is 18.6 Å². The van der Waals surface area contributed by atoms with Crippen molar-refractivity contribution >= 4 is 20.5 Å². The van der Waals surface area contributed by atoms with E-state index in [4.69, 9.17) is 5.73 Å². The quantitative estimate of drug-likeness (QED) is 0.621. The molecule has 1 saturated carbocycles. The Morgan fingerprint density at radius 1 is 1.44 bits per heavy atom. The first kappa shape index (κ1) is 9.47. The first-order chi connectivity index (χ1) is 3.67. The van der Waals surface area contributed by atoms with Gasteiger partial charge in [-0.3, -0.25) is 0 Å². The molecule has 0 aromatic carbocycles. The lowest BCUT2D eigenvalue weighted by Crippen LogP contribution is -2.36. The molecule has 0 amide bonds. The molecular weight excluding hydrogens is 150 g/mol. The summed E-state index contributed by atoms with van der Waals surface area (Å²) in [5.41, 5.74) is 6.69. The fraction of sp³-hybridized carbons (Fsp3) is 1.00. The zero-order chi connectivity index (χ0) is 6.20. The number of hydrogen-bond donors (Lipinski definition) is 1. The van der Waals surface area contributed by atoms with Gasteiger partial charge in [0, 0.05) is 0 Å². The van der Waals surface area contributed by atoms with Crippen LogP contribution in [0.4, 0.5) is 0 Å². The second kappa shape index (κ2) is 3.04. The summed E-state index contributed by atoms with van der Waals surface area (Å²) < 4.78 is 0. The molecule has 0 atom stereocenters. The van der Waals surface area contributed by atoms with E-state index in [2.05, 4.69) is 13.1 Å². The van der Waals surface area contributed by atoms with Gasteiger partial charge in [-0.05, 0) is 11.7 Å². The summed E-state index contributed by atoms with van der Waals surface area (Å²) in [5, 5.41) is 0. The summed E-state index contributed by atoms with van der Waals surface area (Å²) in [5.74, 6) is 0. The Kier molecular flexibility index (Phi) is 3.19. The molecule has 0 spiro atoms. The first-order valence-corrected chi connectivity index (χ1v) is 6.65. The zero-order valence-corrected chi connectivity index (χ0v) is 8.00. The zero-order valence-electron chi connectivity index (χ0n) is 6.18. The minimum atomic E-state index is -0.866. The summed E-state index contributed by atoms with van der Waals surface area (Å²) in [6, 6.07) is 0. The van der Waals surface area contributed by atoms with Gasteiger partial charge in [-0.1, -0.05) is 25.9 Å². The molecule has 0 bridgehead atoms. The summed E-state index contributed by atoms with van der Waals surface area (Å²) in [6.45, 7) is 4.79. The Balaban J connectivity index is 0.000000640. The number of rotatable bonds is 2. The van der Waals surface area contributed by atoms with E-state index < -0.39 is 8.07 Å². The van der Waals surface area contributed by atoms with Crippen molar-refractivity contribution in [3.8, 4) is 0 Å². The average Bonchev–Trinajstić information content (AvgIpc) is 2.44. The highest BCUT2D eigenvalue weighted by Crippen LogP contribution is 2.44. The molecule has 1 aliphatic carbocycles. The molecule has 56 valence electrons. The van der Waals surface area contributed by atoms with Gasteiger partial charge in [0.25, 0.3) is 0 Å². The summed E-state index contributed by atoms with van der Waals surface area (Å²) >= 11 is 0. The standard InChI is InChI=1S/C6H15NSi.ClH/c1-8(2,5-7)6-3-4-6;/h6H,3-5,7H2,1-2H3;1H. The third kappa shape index (κ3) is 2.28. The molecule has 0 unspecified atom stereocenters. The largest absolute Gasteiger partial charge is 0.333 e. The van der Waals surface area contributed by atoms with Crippen LogP contribution in [0.25, 0.3) is 0 Å². The Bertz CT molecular complexity index is 91.1. The molecule has 0 aromatic heterocycles. The van der Waals surface area contributed by atoms with Crippen molar-refractivity contribution in [1.29, 1.82) is 0 Å². The van der Waals surface area contributed by atoms with Crippen molar-refractivity contribution in [2.24, 2.45) is 5.73 Å². The van der Waals surface area contributed by atoms with Crippen molar-refractivity contribution in [1.82, 2.24) is 0 Å². The van der Waals surface area contributed by atoms with Crippen molar-refractivity contribution in [2.45, 2.75) is 31.5 Å². The number of hydrogen-bond acceptors (Lipinski definition) is 1. The maximum atomic E-state index is 5.61.